The lowest BCUT2D eigenvalue weighted by molar-refractivity contribution is -0.142. The molecule has 1 aliphatic heterocycles. The minimum atomic E-state index is -0.817. The highest BCUT2D eigenvalue weighted by atomic mass is 16.6. The molecule has 1 saturated heterocycles. The summed E-state index contributed by atoms with van der Waals surface area (Å²) in [6.07, 6.45) is -0.817. The highest BCUT2D eigenvalue weighted by Gasteiger charge is 2.34. The molecule has 0 aromatic carbocycles. The summed E-state index contributed by atoms with van der Waals surface area (Å²) in [5.41, 5.74) is 0. The Balaban J connectivity index is 2.55. The van der Waals surface area contributed by atoms with Gasteiger partial charge in [-0.1, -0.05) is 0 Å². The number of carbonyl (C=O) groups is 1. The molecule has 0 amide bonds. The van der Waals surface area contributed by atoms with Crippen LogP contribution in [-0.2, 0) is 9.53 Å². The summed E-state index contributed by atoms with van der Waals surface area (Å²) in [6.45, 7) is -0.315. The molecule has 1 fully saturated rings. The zero-order valence-electron chi connectivity index (χ0n) is 4.78. The van der Waals surface area contributed by atoms with E-state index in [4.69, 9.17) is 10.2 Å². The van der Waals surface area contributed by atoms with Crippen LogP contribution in [0.4, 0.5) is 0 Å². The van der Waals surface area contributed by atoms with Crippen LogP contribution in [0.15, 0.2) is 0 Å². The molecule has 1 rings (SSSR count). The van der Waals surface area contributed by atoms with E-state index in [0.717, 1.165) is 0 Å². The molecule has 0 aromatic rings. The Morgan fingerprint density at radius 1 is 1.78 bits per heavy atom. The van der Waals surface area contributed by atoms with E-state index in [9.17, 15) is 4.79 Å². The molecule has 0 radical (unpaired) electrons. The quantitative estimate of drug-likeness (QED) is 0.427. The number of ether oxygens (including phenoxy) is 1. The third kappa shape index (κ3) is 1.04. The Morgan fingerprint density at radius 2 is 2.44 bits per heavy atom. The summed E-state index contributed by atoms with van der Waals surface area (Å²) in [5, 5.41) is 17.3. The predicted molar refractivity (Wildman–Crippen MR) is 27.5 cm³/mol. The van der Waals surface area contributed by atoms with Crippen LogP contribution >= 0.6 is 0 Å². The fourth-order valence-electron chi connectivity index (χ4n) is 0.744. The molecule has 4 heteroatoms. The fraction of sp³-hybridized carbons (Fsp3) is 0.800. The van der Waals surface area contributed by atoms with E-state index < -0.39 is 18.0 Å². The number of aliphatic hydroxyl groups excluding tert-OH is 2. The molecule has 0 bridgehead atoms. The average Bonchev–Trinajstić information content (AvgIpc) is 2.12. The van der Waals surface area contributed by atoms with Gasteiger partial charge in [-0.25, -0.2) is 0 Å². The van der Waals surface area contributed by atoms with Crippen LogP contribution in [0, 0.1) is 5.92 Å². The van der Waals surface area contributed by atoms with Crippen molar-refractivity contribution in [1.82, 2.24) is 0 Å². The van der Waals surface area contributed by atoms with Gasteiger partial charge in [0.1, 0.15) is 18.6 Å². The first-order chi connectivity index (χ1) is 4.25. The molecule has 1 aliphatic rings. The average molecular weight is 132 g/mol. The first-order valence-corrected chi connectivity index (χ1v) is 2.71. The van der Waals surface area contributed by atoms with Crippen molar-refractivity contribution in [2.45, 2.75) is 6.10 Å². The third-order valence-electron chi connectivity index (χ3n) is 1.36. The van der Waals surface area contributed by atoms with Gasteiger partial charge in [0.15, 0.2) is 0 Å². The van der Waals surface area contributed by atoms with Crippen LogP contribution in [-0.4, -0.2) is 35.5 Å². The number of aliphatic hydroxyl groups is 2. The molecule has 2 atom stereocenters. The van der Waals surface area contributed by atoms with Gasteiger partial charge in [0.05, 0.1) is 6.61 Å². The topological polar surface area (TPSA) is 66.8 Å². The second-order valence-electron chi connectivity index (χ2n) is 1.99. The second-order valence-corrected chi connectivity index (χ2v) is 1.99. The van der Waals surface area contributed by atoms with Gasteiger partial charge in [-0.3, -0.25) is 4.79 Å². The summed E-state index contributed by atoms with van der Waals surface area (Å²) >= 11 is 0. The maximum Gasteiger partial charge on any atom is 0.314 e. The standard InChI is InChI=1S/C5H8O4/c6-1-3-4(7)2-9-5(3)8/h3-4,6-7H,1-2H2. The number of esters is 1. The lowest BCUT2D eigenvalue weighted by Crippen LogP contribution is -2.23. The minimum absolute atomic E-state index is 0.0179. The van der Waals surface area contributed by atoms with Crippen LogP contribution < -0.4 is 0 Å². The van der Waals surface area contributed by atoms with E-state index in [1.54, 1.807) is 0 Å². The highest BCUT2D eigenvalue weighted by molar-refractivity contribution is 5.75. The van der Waals surface area contributed by atoms with Crippen molar-refractivity contribution in [2.24, 2.45) is 5.92 Å². The van der Waals surface area contributed by atoms with Crippen molar-refractivity contribution in [3.8, 4) is 0 Å². The summed E-state index contributed by atoms with van der Waals surface area (Å²) in [5.74, 6) is -1.23. The van der Waals surface area contributed by atoms with Crippen LogP contribution in [0.3, 0.4) is 0 Å². The number of carbonyl (C=O) groups excluding carboxylic acids is 1. The number of cyclic esters (lactones) is 1. The van der Waals surface area contributed by atoms with Crippen LogP contribution in [0.2, 0.25) is 0 Å². The summed E-state index contributed by atoms with van der Waals surface area (Å²) in [7, 11) is 0. The number of rotatable bonds is 1. The molecule has 2 unspecified atom stereocenters. The van der Waals surface area contributed by atoms with Crippen LogP contribution in [0.25, 0.3) is 0 Å². The molecule has 52 valence electrons. The predicted octanol–water partition coefficient (Wildman–Crippen LogP) is -1.49. The van der Waals surface area contributed by atoms with E-state index in [1.807, 2.05) is 0 Å². The molecule has 0 aromatic heterocycles. The maximum atomic E-state index is 10.5. The largest absolute Gasteiger partial charge is 0.463 e. The first-order valence-electron chi connectivity index (χ1n) is 2.71. The first kappa shape index (κ1) is 6.51. The SMILES string of the molecule is O=C1OCC(O)C1CO. The van der Waals surface area contributed by atoms with Gasteiger partial charge in [-0.2, -0.15) is 0 Å². The molecular weight excluding hydrogens is 124 g/mol. The Labute approximate surface area is 52.1 Å². The molecular formula is C5H8O4. The van der Waals surface area contributed by atoms with Gasteiger partial charge in [0, 0.05) is 0 Å². The van der Waals surface area contributed by atoms with Crippen molar-refractivity contribution in [3.05, 3.63) is 0 Å². The Morgan fingerprint density at radius 3 is 2.67 bits per heavy atom. The van der Waals surface area contributed by atoms with E-state index in [-0.39, 0.29) is 13.2 Å². The molecule has 2 N–H and O–H groups in total. The summed E-state index contributed by atoms with van der Waals surface area (Å²) in [6, 6.07) is 0. The van der Waals surface area contributed by atoms with E-state index >= 15 is 0 Å². The molecule has 9 heavy (non-hydrogen) atoms. The van der Waals surface area contributed by atoms with Crippen molar-refractivity contribution in [1.29, 1.82) is 0 Å². The zero-order chi connectivity index (χ0) is 6.85. The monoisotopic (exact) mass is 132 g/mol. The van der Waals surface area contributed by atoms with Gasteiger partial charge >= 0.3 is 5.97 Å². The summed E-state index contributed by atoms with van der Waals surface area (Å²) < 4.78 is 4.42. The fourth-order valence-corrected chi connectivity index (χ4v) is 0.744. The Bertz CT molecular complexity index is 122. The zero-order valence-corrected chi connectivity index (χ0v) is 4.78. The van der Waals surface area contributed by atoms with E-state index in [1.165, 1.54) is 0 Å². The van der Waals surface area contributed by atoms with Crippen LogP contribution in [0.1, 0.15) is 0 Å². The normalized spacial score (nSPS) is 34.7. The van der Waals surface area contributed by atoms with Crippen molar-refractivity contribution >= 4 is 5.97 Å². The second kappa shape index (κ2) is 2.33. The Hall–Kier alpha value is -0.610. The molecule has 1 heterocycles. The van der Waals surface area contributed by atoms with Crippen molar-refractivity contribution in [2.75, 3.05) is 13.2 Å². The van der Waals surface area contributed by atoms with Gasteiger partial charge in [0.2, 0.25) is 0 Å². The van der Waals surface area contributed by atoms with Crippen molar-refractivity contribution in [3.63, 3.8) is 0 Å². The number of hydrogen-bond donors (Lipinski definition) is 2. The maximum absolute atomic E-state index is 10.5. The highest BCUT2D eigenvalue weighted by Crippen LogP contribution is 2.13. The minimum Gasteiger partial charge on any atom is -0.463 e. The van der Waals surface area contributed by atoms with Crippen LogP contribution in [0.5, 0.6) is 0 Å². The smallest absolute Gasteiger partial charge is 0.314 e. The summed E-state index contributed by atoms with van der Waals surface area (Å²) in [4.78, 5) is 10.5. The van der Waals surface area contributed by atoms with Crippen molar-refractivity contribution < 1.29 is 19.7 Å². The molecule has 4 nitrogen and oxygen atoms in total. The molecule has 0 aliphatic carbocycles. The van der Waals surface area contributed by atoms with Gasteiger partial charge < -0.3 is 14.9 Å². The number of hydrogen-bond acceptors (Lipinski definition) is 4. The van der Waals surface area contributed by atoms with Gasteiger partial charge in [-0.05, 0) is 0 Å². The van der Waals surface area contributed by atoms with Gasteiger partial charge in [0.25, 0.3) is 0 Å². The molecule has 0 saturated carbocycles. The Kier molecular flexibility index (Phi) is 1.68. The lowest BCUT2D eigenvalue weighted by atomic mass is 10.1. The molecule has 0 spiro atoms. The van der Waals surface area contributed by atoms with E-state index in [2.05, 4.69) is 4.74 Å². The van der Waals surface area contributed by atoms with Gasteiger partial charge in [-0.15, -0.1) is 0 Å². The lowest BCUT2D eigenvalue weighted by Gasteiger charge is -2.02. The third-order valence-corrected chi connectivity index (χ3v) is 1.36. The van der Waals surface area contributed by atoms with E-state index in [0.29, 0.717) is 0 Å².